The van der Waals surface area contributed by atoms with Crippen molar-refractivity contribution < 1.29 is 20.8 Å². The highest BCUT2D eigenvalue weighted by Crippen LogP contribution is 1.91. The zero-order chi connectivity index (χ0) is 10.3. The highest BCUT2D eigenvalue weighted by Gasteiger charge is 2.18. The maximum atomic E-state index is 10.9. The van der Waals surface area contributed by atoms with Crippen molar-refractivity contribution in [3.63, 3.8) is 0 Å². The molecule has 0 aliphatic rings. The minimum absolute atomic E-state index is 0.827. The van der Waals surface area contributed by atoms with Gasteiger partial charge in [0.2, 0.25) is 0 Å². The molecule has 0 unspecified atom stereocenters. The lowest BCUT2D eigenvalue weighted by Gasteiger charge is -1.89. The minimum Gasteiger partial charge on any atom is -0.184 e. The molecule has 0 bridgehead atoms. The fourth-order valence-electron chi connectivity index (χ4n) is 0.713. The Kier molecular flexibility index (Phi) is 2.20. The van der Waals surface area contributed by atoms with Crippen molar-refractivity contribution >= 4 is 20.0 Å². The van der Waals surface area contributed by atoms with Gasteiger partial charge in [-0.25, -0.2) is 0 Å². The van der Waals surface area contributed by atoms with Crippen LogP contribution in [0.4, 0.5) is 0 Å². The van der Waals surface area contributed by atoms with Crippen LogP contribution in [0.5, 0.6) is 0 Å². The lowest BCUT2D eigenvalue weighted by molar-refractivity contribution is -0.508. The van der Waals surface area contributed by atoms with E-state index in [4.69, 9.17) is 0 Å². The van der Waals surface area contributed by atoms with Crippen molar-refractivity contribution in [1.82, 2.24) is 3.97 Å². The Bertz CT molecular complexity index is 464. The number of hydrogen-bond donors (Lipinski definition) is 0. The third kappa shape index (κ3) is 2.28. The summed E-state index contributed by atoms with van der Waals surface area (Å²) >= 11 is 0. The third-order valence-electron chi connectivity index (χ3n) is 1.35. The van der Waals surface area contributed by atoms with Crippen LogP contribution in [0.3, 0.4) is 0 Å². The standard InChI is InChI=1S/C5H9N2O4S2/c1-12(8,9)6-3-4-7(5-6)13(2,10)11/h3-5H,1-2H3/q+1. The largest absolute Gasteiger partial charge is 0.301 e. The van der Waals surface area contributed by atoms with Gasteiger partial charge in [-0.1, -0.05) is 0 Å². The van der Waals surface area contributed by atoms with E-state index in [2.05, 4.69) is 0 Å². The second-order valence-electron chi connectivity index (χ2n) is 2.60. The molecule has 6 nitrogen and oxygen atoms in total. The first-order valence-corrected chi connectivity index (χ1v) is 6.91. The molecule has 0 N–H and O–H groups in total. The lowest BCUT2D eigenvalue weighted by Crippen LogP contribution is -2.39. The van der Waals surface area contributed by atoms with Gasteiger partial charge in [-0.2, -0.15) is 16.8 Å². The zero-order valence-electron chi connectivity index (χ0n) is 7.08. The molecule has 0 radical (unpaired) electrons. The van der Waals surface area contributed by atoms with E-state index in [0.717, 1.165) is 39.2 Å². The number of imidazole rings is 1. The number of rotatable bonds is 2. The summed E-state index contributed by atoms with van der Waals surface area (Å²) in [6.45, 7) is 0. The zero-order valence-corrected chi connectivity index (χ0v) is 8.71. The van der Waals surface area contributed by atoms with Crippen LogP contribution in [0.2, 0.25) is 0 Å². The molecule has 8 heteroatoms. The first kappa shape index (κ1) is 10.2. The Morgan fingerprint density at radius 1 is 1.15 bits per heavy atom. The first-order chi connectivity index (χ1) is 5.71. The quantitative estimate of drug-likeness (QED) is 0.567. The van der Waals surface area contributed by atoms with Gasteiger partial charge in [0.1, 0.15) is 12.4 Å². The Labute approximate surface area is 76.5 Å². The normalized spacial score (nSPS) is 13.1. The second kappa shape index (κ2) is 2.81. The molecule has 0 fully saturated rings. The third-order valence-corrected chi connectivity index (χ3v) is 3.32. The molecular formula is C5H9N2O4S2+. The predicted molar refractivity (Wildman–Crippen MR) is 45.1 cm³/mol. The number of nitrogens with zero attached hydrogens (tertiary/aromatic N) is 2. The molecule has 74 valence electrons. The summed E-state index contributed by atoms with van der Waals surface area (Å²) in [5, 5.41) is 0. The van der Waals surface area contributed by atoms with Crippen LogP contribution in [-0.4, -0.2) is 33.3 Å². The van der Waals surface area contributed by atoms with Gasteiger partial charge < -0.3 is 0 Å². The van der Waals surface area contributed by atoms with Crippen LogP contribution in [0.1, 0.15) is 0 Å². The summed E-state index contributed by atoms with van der Waals surface area (Å²) in [7, 11) is -6.82. The van der Waals surface area contributed by atoms with E-state index in [9.17, 15) is 16.8 Å². The molecule has 13 heavy (non-hydrogen) atoms. The molecule has 0 aliphatic heterocycles. The van der Waals surface area contributed by atoms with Crippen molar-refractivity contribution in [3.8, 4) is 0 Å². The summed E-state index contributed by atoms with van der Waals surface area (Å²) in [5.41, 5.74) is 0. The molecule has 0 atom stereocenters. The molecule has 1 aromatic heterocycles. The van der Waals surface area contributed by atoms with Gasteiger partial charge in [0.15, 0.2) is 0 Å². The van der Waals surface area contributed by atoms with E-state index in [-0.39, 0.29) is 0 Å². The first-order valence-electron chi connectivity index (χ1n) is 3.21. The summed E-state index contributed by atoms with van der Waals surface area (Å²) in [6, 6.07) is 0. The van der Waals surface area contributed by atoms with Crippen LogP contribution in [0, 0.1) is 0 Å². The van der Waals surface area contributed by atoms with Gasteiger partial charge in [0.05, 0.1) is 12.5 Å². The second-order valence-corrected chi connectivity index (χ2v) is 6.37. The van der Waals surface area contributed by atoms with Crippen molar-refractivity contribution in [1.29, 1.82) is 0 Å². The Morgan fingerprint density at radius 3 is 1.92 bits per heavy atom. The van der Waals surface area contributed by atoms with Crippen LogP contribution >= 0.6 is 0 Å². The van der Waals surface area contributed by atoms with Gasteiger partial charge in [-0.3, -0.25) is 0 Å². The highest BCUT2D eigenvalue weighted by molar-refractivity contribution is 7.89. The molecular weight excluding hydrogens is 216 g/mol. The van der Waals surface area contributed by atoms with Crippen LogP contribution in [-0.2, 0) is 20.0 Å². The minimum atomic E-state index is -3.41. The fourth-order valence-corrected chi connectivity index (χ4v) is 1.87. The molecule has 0 aliphatic carbocycles. The number of hydrogen-bond acceptors (Lipinski definition) is 4. The summed E-state index contributed by atoms with van der Waals surface area (Å²) in [4.78, 5) is 0. The maximum Gasteiger partial charge on any atom is 0.301 e. The molecule has 0 amide bonds. The Balaban J connectivity index is 3.32. The summed E-state index contributed by atoms with van der Waals surface area (Å²) in [5.74, 6) is 0. The molecule has 0 saturated heterocycles. The summed E-state index contributed by atoms with van der Waals surface area (Å²) < 4.78 is 45.4. The van der Waals surface area contributed by atoms with Crippen molar-refractivity contribution in [3.05, 3.63) is 18.7 Å². The van der Waals surface area contributed by atoms with Gasteiger partial charge in [0.25, 0.3) is 6.33 Å². The predicted octanol–water partition coefficient (Wildman–Crippen LogP) is -1.61. The fraction of sp³-hybridized carbons (Fsp3) is 0.400. The van der Waals surface area contributed by atoms with E-state index < -0.39 is 20.0 Å². The number of aromatic nitrogens is 2. The van der Waals surface area contributed by atoms with Crippen LogP contribution in [0.15, 0.2) is 18.7 Å². The van der Waals surface area contributed by atoms with Gasteiger partial charge in [-0.05, 0) is 0 Å². The van der Waals surface area contributed by atoms with E-state index in [0.29, 0.717) is 0 Å². The maximum absolute atomic E-state index is 10.9. The molecule has 1 rings (SSSR count). The van der Waals surface area contributed by atoms with E-state index in [1.165, 1.54) is 0 Å². The highest BCUT2D eigenvalue weighted by atomic mass is 32.2. The van der Waals surface area contributed by atoms with E-state index in [1.54, 1.807) is 0 Å². The molecule has 0 aromatic carbocycles. The van der Waals surface area contributed by atoms with Gasteiger partial charge >= 0.3 is 20.0 Å². The Morgan fingerprint density at radius 2 is 1.69 bits per heavy atom. The molecule has 1 aromatic rings. The smallest absolute Gasteiger partial charge is 0.184 e. The van der Waals surface area contributed by atoms with Crippen LogP contribution in [0.25, 0.3) is 0 Å². The summed E-state index contributed by atoms with van der Waals surface area (Å²) in [6.07, 6.45) is 5.29. The Hall–Kier alpha value is -0.890. The van der Waals surface area contributed by atoms with E-state index in [1.807, 2.05) is 0 Å². The lowest BCUT2D eigenvalue weighted by atomic mass is 11.0. The van der Waals surface area contributed by atoms with E-state index >= 15 is 0 Å². The van der Waals surface area contributed by atoms with Crippen molar-refractivity contribution in [2.75, 3.05) is 12.5 Å². The van der Waals surface area contributed by atoms with Crippen LogP contribution < -0.4 is 3.97 Å². The SMILES string of the molecule is CS(=O)(=O)n1cc[n+](S(C)(=O)=O)c1. The average Bonchev–Trinajstić information content (AvgIpc) is 2.28. The van der Waals surface area contributed by atoms with Crippen molar-refractivity contribution in [2.24, 2.45) is 0 Å². The molecule has 1 heterocycles. The monoisotopic (exact) mass is 225 g/mol. The topological polar surface area (TPSA) is 77.1 Å². The van der Waals surface area contributed by atoms with Gasteiger partial charge in [-0.15, -0.1) is 7.94 Å². The molecule has 0 saturated carbocycles. The average molecular weight is 225 g/mol. The van der Waals surface area contributed by atoms with Crippen molar-refractivity contribution in [2.45, 2.75) is 0 Å². The van der Waals surface area contributed by atoms with Gasteiger partial charge in [0, 0.05) is 0 Å². The molecule has 0 spiro atoms.